The van der Waals surface area contributed by atoms with Gasteiger partial charge in [0, 0.05) is 74.7 Å². The maximum Gasteiger partial charge on any atom is 0.317 e. The Balaban J connectivity index is 0.949. The summed E-state index contributed by atoms with van der Waals surface area (Å²) in [4.78, 5) is 33.5. The quantitative estimate of drug-likeness (QED) is 0.486. The van der Waals surface area contributed by atoms with Crippen LogP contribution in [0, 0.1) is 23.7 Å². The number of piperazine rings is 1. The van der Waals surface area contributed by atoms with Crippen molar-refractivity contribution in [3.8, 4) is 0 Å². The summed E-state index contributed by atoms with van der Waals surface area (Å²) in [5.74, 6) is 3.66. The van der Waals surface area contributed by atoms with Crippen LogP contribution in [0.15, 0.2) is 22.7 Å². The zero-order valence-electron chi connectivity index (χ0n) is 24.8. The first-order valence-electron chi connectivity index (χ1n) is 16.4. The number of benzene rings is 1. The highest BCUT2D eigenvalue weighted by Crippen LogP contribution is 2.56. The average Bonchev–Trinajstić information content (AvgIpc) is 3.25. The van der Waals surface area contributed by atoms with E-state index in [0.29, 0.717) is 24.3 Å². The molecule has 7 nitrogen and oxygen atoms in total. The van der Waals surface area contributed by atoms with E-state index in [4.69, 9.17) is 0 Å². The van der Waals surface area contributed by atoms with Crippen LogP contribution < -0.4 is 10.6 Å². The minimum Gasteiger partial charge on any atom is -0.355 e. The van der Waals surface area contributed by atoms with Gasteiger partial charge >= 0.3 is 6.03 Å². The molecule has 3 amide bonds. The van der Waals surface area contributed by atoms with Gasteiger partial charge in [0.25, 0.3) is 0 Å². The summed E-state index contributed by atoms with van der Waals surface area (Å²) in [6, 6.07) is 7.08. The number of piperidine rings is 1. The zero-order valence-corrected chi connectivity index (χ0v) is 26.3. The minimum absolute atomic E-state index is 0.0413. The third-order valence-electron chi connectivity index (χ3n) is 12.0. The molecular weight excluding hydrogens is 578 g/mol. The summed E-state index contributed by atoms with van der Waals surface area (Å²) in [6.07, 6.45) is 10.3. The third kappa shape index (κ3) is 5.58. The van der Waals surface area contributed by atoms with Gasteiger partial charge in [0.15, 0.2) is 0 Å². The molecule has 5 aliphatic carbocycles. The van der Waals surface area contributed by atoms with Crippen LogP contribution >= 0.6 is 15.9 Å². The summed E-state index contributed by atoms with van der Waals surface area (Å²) in [7, 11) is 2.17. The van der Waals surface area contributed by atoms with Gasteiger partial charge in [0.1, 0.15) is 0 Å². The fourth-order valence-electron chi connectivity index (χ4n) is 10.0. The molecule has 8 heteroatoms. The van der Waals surface area contributed by atoms with Crippen molar-refractivity contribution in [2.24, 2.45) is 23.7 Å². The maximum absolute atomic E-state index is 13.5. The van der Waals surface area contributed by atoms with Crippen LogP contribution in [0.2, 0.25) is 0 Å². The summed E-state index contributed by atoms with van der Waals surface area (Å²) in [5.41, 5.74) is 2.77. The molecule has 7 aliphatic rings. The monoisotopic (exact) mass is 625 g/mol. The van der Waals surface area contributed by atoms with Gasteiger partial charge in [0.05, 0.1) is 0 Å². The summed E-state index contributed by atoms with van der Waals surface area (Å²) in [6.45, 7) is 7.61. The van der Waals surface area contributed by atoms with Crippen LogP contribution in [-0.2, 0) is 10.2 Å². The number of nitrogens with one attached hydrogen (secondary N) is 2. The number of hydrogen-bond acceptors (Lipinski definition) is 4. The van der Waals surface area contributed by atoms with E-state index >= 15 is 0 Å². The molecule has 4 bridgehead atoms. The van der Waals surface area contributed by atoms with Gasteiger partial charge in [-0.3, -0.25) is 9.69 Å². The van der Waals surface area contributed by atoms with Crippen LogP contribution in [0.3, 0.4) is 0 Å². The minimum atomic E-state index is 0.0413. The number of nitrogens with zero attached hydrogens (tertiary/aromatic N) is 3. The first-order chi connectivity index (χ1) is 19.9. The summed E-state index contributed by atoms with van der Waals surface area (Å²) in [5, 5.41) is 6.76. The lowest BCUT2D eigenvalue weighted by atomic mass is 9.54. The van der Waals surface area contributed by atoms with Crippen molar-refractivity contribution >= 4 is 27.9 Å². The van der Waals surface area contributed by atoms with Crippen LogP contribution in [0.25, 0.3) is 0 Å². The number of likely N-dealkylation sites (N-methyl/N-ethyl adjacent to an activating group) is 1. The van der Waals surface area contributed by atoms with E-state index < -0.39 is 0 Å². The molecule has 0 aromatic heterocycles. The number of rotatable bonds is 6. The van der Waals surface area contributed by atoms with Crippen molar-refractivity contribution in [2.45, 2.75) is 75.2 Å². The summed E-state index contributed by atoms with van der Waals surface area (Å²) < 4.78 is 1.17. The zero-order chi connectivity index (χ0) is 28.1. The number of hydrogen-bond donors (Lipinski definition) is 2. The second kappa shape index (κ2) is 11.5. The van der Waals surface area contributed by atoms with Gasteiger partial charge in [-0.1, -0.05) is 28.1 Å². The van der Waals surface area contributed by atoms with Crippen LogP contribution in [0.5, 0.6) is 0 Å². The smallest absolute Gasteiger partial charge is 0.317 e. The molecule has 1 atom stereocenters. The SMILES string of the molecule is CN1CCN(CCNC(=O)CC2CC3(CCN(C(=O)NC4C5CC6CC(C5)CC4C6)CC3)c3c(Br)cccc32)CC1. The van der Waals surface area contributed by atoms with Gasteiger partial charge in [-0.25, -0.2) is 4.79 Å². The molecule has 8 rings (SSSR count). The molecule has 6 fully saturated rings. The Labute approximate surface area is 254 Å². The van der Waals surface area contributed by atoms with E-state index in [1.807, 2.05) is 0 Å². The van der Waals surface area contributed by atoms with Crippen molar-refractivity contribution in [3.05, 3.63) is 33.8 Å². The van der Waals surface area contributed by atoms with Crippen LogP contribution in [0.4, 0.5) is 4.79 Å². The second-order valence-corrected chi connectivity index (χ2v) is 15.3. The molecule has 2 heterocycles. The van der Waals surface area contributed by atoms with E-state index in [1.165, 1.54) is 47.7 Å². The fourth-order valence-corrected chi connectivity index (χ4v) is 10.8. The molecule has 1 unspecified atom stereocenters. The lowest BCUT2D eigenvalue weighted by Crippen LogP contribution is -2.59. The number of carbonyl (C=O) groups excluding carboxylic acids is 2. The first-order valence-corrected chi connectivity index (χ1v) is 17.2. The molecule has 41 heavy (non-hydrogen) atoms. The number of halogens is 1. The lowest BCUT2D eigenvalue weighted by Gasteiger charge is -2.54. The highest BCUT2D eigenvalue weighted by Gasteiger charge is 2.50. The molecule has 1 aromatic rings. The van der Waals surface area contributed by atoms with Crippen molar-refractivity contribution in [1.82, 2.24) is 25.3 Å². The molecular formula is C33H48BrN5O2. The maximum atomic E-state index is 13.5. The van der Waals surface area contributed by atoms with E-state index in [1.54, 1.807) is 0 Å². The first kappa shape index (κ1) is 28.1. The Hall–Kier alpha value is -1.64. The Morgan fingerprint density at radius 1 is 0.951 bits per heavy atom. The van der Waals surface area contributed by atoms with Crippen molar-refractivity contribution < 1.29 is 9.59 Å². The Bertz CT molecular complexity index is 1110. The number of likely N-dealkylation sites (tertiary alicyclic amines) is 1. The normalized spacial score (nSPS) is 34.1. The fraction of sp³-hybridized carbons (Fsp3) is 0.758. The van der Waals surface area contributed by atoms with E-state index in [0.717, 1.165) is 83.5 Å². The highest BCUT2D eigenvalue weighted by molar-refractivity contribution is 9.10. The Morgan fingerprint density at radius 2 is 1.63 bits per heavy atom. The Morgan fingerprint density at radius 3 is 2.32 bits per heavy atom. The number of urea groups is 1. The standard InChI is InChI=1S/C33H48BrN5O2/c1-37-11-13-38(14-12-37)10-7-35-29(40)20-26-21-33(30-27(26)3-2-4-28(30)34)5-8-39(9-6-33)32(41)36-31-24-16-22-15-23(18-24)19-25(31)17-22/h2-4,22-26,31H,5-21H2,1H3,(H,35,40)(H,36,41). The second-order valence-electron chi connectivity index (χ2n) is 14.5. The number of fused-ring (bicyclic) bond motifs is 2. The van der Waals surface area contributed by atoms with Gasteiger partial charge in [-0.15, -0.1) is 0 Å². The van der Waals surface area contributed by atoms with E-state index in [9.17, 15) is 9.59 Å². The van der Waals surface area contributed by atoms with E-state index in [-0.39, 0.29) is 23.3 Å². The largest absolute Gasteiger partial charge is 0.355 e. The molecule has 2 aliphatic heterocycles. The molecule has 0 radical (unpaired) electrons. The van der Waals surface area contributed by atoms with Crippen molar-refractivity contribution in [3.63, 3.8) is 0 Å². The number of carbonyl (C=O) groups is 2. The van der Waals surface area contributed by atoms with Crippen LogP contribution in [-0.4, -0.2) is 92.1 Å². The van der Waals surface area contributed by atoms with Gasteiger partial charge in [-0.2, -0.15) is 0 Å². The Kier molecular flexibility index (Phi) is 7.87. The number of amides is 3. The molecule has 224 valence electrons. The molecule has 2 N–H and O–H groups in total. The average molecular weight is 627 g/mol. The lowest BCUT2D eigenvalue weighted by molar-refractivity contribution is -0.121. The molecule has 1 aromatic carbocycles. The summed E-state index contributed by atoms with van der Waals surface area (Å²) >= 11 is 3.89. The van der Waals surface area contributed by atoms with Gasteiger partial charge < -0.3 is 20.4 Å². The van der Waals surface area contributed by atoms with Gasteiger partial charge in [-0.05, 0) is 105 Å². The molecule has 1 spiro atoms. The topological polar surface area (TPSA) is 67.9 Å². The predicted octanol–water partition coefficient (Wildman–Crippen LogP) is 4.56. The van der Waals surface area contributed by atoms with Crippen molar-refractivity contribution in [1.29, 1.82) is 0 Å². The van der Waals surface area contributed by atoms with Gasteiger partial charge in [0.2, 0.25) is 5.91 Å². The molecule has 4 saturated carbocycles. The molecule has 2 saturated heterocycles. The highest BCUT2D eigenvalue weighted by atomic mass is 79.9. The van der Waals surface area contributed by atoms with E-state index in [2.05, 4.69) is 66.5 Å². The predicted molar refractivity (Wildman–Crippen MR) is 165 cm³/mol. The van der Waals surface area contributed by atoms with Crippen molar-refractivity contribution in [2.75, 3.05) is 59.4 Å². The third-order valence-corrected chi connectivity index (χ3v) is 12.6. The van der Waals surface area contributed by atoms with Crippen LogP contribution in [0.1, 0.15) is 74.8 Å².